The zero-order valence-electron chi connectivity index (χ0n) is 10.1. The molecule has 0 radical (unpaired) electrons. The molecule has 0 unspecified atom stereocenters. The van der Waals surface area contributed by atoms with Gasteiger partial charge in [0.1, 0.15) is 5.82 Å². The third kappa shape index (κ3) is 3.81. The normalized spacial score (nSPS) is 15.4. The summed E-state index contributed by atoms with van der Waals surface area (Å²) in [4.78, 5) is 0. The Hall–Kier alpha value is -0.850. The van der Waals surface area contributed by atoms with E-state index in [9.17, 15) is 22.7 Å². The number of aliphatic hydroxyl groups excluding tert-OH is 1. The molecular formula is C12H14ClF4NO. The van der Waals surface area contributed by atoms with Crippen molar-refractivity contribution in [3.63, 3.8) is 0 Å². The maximum Gasteiger partial charge on any atom is 0.416 e. The van der Waals surface area contributed by atoms with E-state index in [1.54, 1.807) is 6.92 Å². The lowest BCUT2D eigenvalue weighted by atomic mass is 9.97. The molecule has 0 aliphatic rings. The fourth-order valence-corrected chi connectivity index (χ4v) is 1.93. The molecule has 0 aromatic heterocycles. The maximum absolute atomic E-state index is 13.7. The van der Waals surface area contributed by atoms with Crippen molar-refractivity contribution in [3.05, 3.63) is 34.1 Å². The lowest BCUT2D eigenvalue weighted by Crippen LogP contribution is -2.27. The molecule has 1 aromatic carbocycles. The summed E-state index contributed by atoms with van der Waals surface area (Å²) in [6.07, 6.45) is -4.95. The number of aliphatic hydroxyl groups is 1. The fourth-order valence-electron chi connectivity index (χ4n) is 1.70. The lowest BCUT2D eigenvalue weighted by Gasteiger charge is -2.21. The Balaban J connectivity index is 3.23. The average Bonchev–Trinajstić information content (AvgIpc) is 2.30. The van der Waals surface area contributed by atoms with Crippen molar-refractivity contribution in [1.29, 1.82) is 0 Å². The second-order valence-corrected chi connectivity index (χ2v) is 4.65. The van der Waals surface area contributed by atoms with Gasteiger partial charge in [-0.2, -0.15) is 13.2 Å². The van der Waals surface area contributed by atoms with Crippen molar-refractivity contribution in [2.24, 2.45) is 5.73 Å². The zero-order valence-corrected chi connectivity index (χ0v) is 10.9. The summed E-state index contributed by atoms with van der Waals surface area (Å²) in [5, 5.41) is 9.00. The highest BCUT2D eigenvalue weighted by atomic mass is 35.5. The van der Waals surface area contributed by atoms with Crippen molar-refractivity contribution in [2.45, 2.75) is 38.1 Å². The summed E-state index contributed by atoms with van der Waals surface area (Å²) in [6.45, 7) is 1.77. The van der Waals surface area contributed by atoms with Crippen LogP contribution in [0.3, 0.4) is 0 Å². The van der Waals surface area contributed by atoms with Crippen LogP contribution in [0.25, 0.3) is 0 Å². The number of hydrogen-bond donors (Lipinski definition) is 2. The molecular weight excluding hydrogens is 286 g/mol. The third-order valence-electron chi connectivity index (χ3n) is 2.74. The second kappa shape index (κ2) is 6.07. The maximum atomic E-state index is 13.7. The van der Waals surface area contributed by atoms with E-state index in [-0.39, 0.29) is 6.42 Å². The number of rotatable bonds is 4. The van der Waals surface area contributed by atoms with E-state index in [4.69, 9.17) is 17.3 Å². The first-order valence-electron chi connectivity index (χ1n) is 5.68. The van der Waals surface area contributed by atoms with Gasteiger partial charge >= 0.3 is 6.18 Å². The first-order valence-corrected chi connectivity index (χ1v) is 6.06. The average molecular weight is 300 g/mol. The minimum atomic E-state index is -4.65. The van der Waals surface area contributed by atoms with Crippen LogP contribution >= 0.6 is 11.6 Å². The summed E-state index contributed by atoms with van der Waals surface area (Å²) in [5.74, 6) is -1.03. The highest BCUT2D eigenvalue weighted by Gasteiger charge is 2.33. The Kier molecular flexibility index (Phi) is 5.18. The van der Waals surface area contributed by atoms with Crippen molar-refractivity contribution >= 4 is 11.6 Å². The first kappa shape index (κ1) is 16.2. The smallest absolute Gasteiger partial charge is 0.391 e. The van der Waals surface area contributed by atoms with E-state index in [1.807, 2.05) is 0 Å². The molecule has 108 valence electrons. The van der Waals surface area contributed by atoms with Crippen LogP contribution in [0.4, 0.5) is 17.6 Å². The van der Waals surface area contributed by atoms with Crippen LogP contribution in [0.15, 0.2) is 12.1 Å². The summed E-state index contributed by atoms with van der Waals surface area (Å²) in [6, 6.07) is -0.163. The molecule has 0 saturated carbocycles. The van der Waals surface area contributed by atoms with E-state index in [1.165, 1.54) is 0 Å². The van der Waals surface area contributed by atoms with Gasteiger partial charge in [-0.05, 0) is 18.6 Å². The molecule has 0 heterocycles. The van der Waals surface area contributed by atoms with E-state index < -0.39 is 40.3 Å². The Morgan fingerprint density at radius 1 is 1.37 bits per heavy atom. The van der Waals surface area contributed by atoms with E-state index in [2.05, 4.69) is 0 Å². The number of hydrogen-bond acceptors (Lipinski definition) is 2. The summed E-state index contributed by atoms with van der Waals surface area (Å²) < 4.78 is 51.6. The van der Waals surface area contributed by atoms with Gasteiger partial charge in [-0.15, -0.1) is 0 Å². The lowest BCUT2D eigenvalue weighted by molar-refractivity contribution is -0.137. The molecule has 19 heavy (non-hydrogen) atoms. The topological polar surface area (TPSA) is 46.2 Å². The van der Waals surface area contributed by atoms with Gasteiger partial charge < -0.3 is 10.8 Å². The standard InChI is InChI=1S/C12H14ClF4NO/c1-2-3-9(19)11(18)7-4-6(12(15,16)17)5-8(13)10(7)14/h4-5,9,11,19H,2-3,18H2,1H3/t9-,11+/m1/s1. The Morgan fingerprint density at radius 3 is 2.42 bits per heavy atom. The summed E-state index contributed by atoms with van der Waals surface area (Å²) >= 11 is 5.44. The second-order valence-electron chi connectivity index (χ2n) is 4.24. The molecule has 0 saturated heterocycles. The highest BCUT2D eigenvalue weighted by Crippen LogP contribution is 2.35. The van der Waals surface area contributed by atoms with Crippen molar-refractivity contribution in [2.75, 3.05) is 0 Å². The van der Waals surface area contributed by atoms with Crippen LogP contribution in [0, 0.1) is 5.82 Å². The quantitative estimate of drug-likeness (QED) is 0.834. The number of benzene rings is 1. The van der Waals surface area contributed by atoms with Gasteiger partial charge in [0, 0.05) is 5.56 Å². The van der Waals surface area contributed by atoms with Crippen LogP contribution in [-0.2, 0) is 6.18 Å². The molecule has 0 fully saturated rings. The third-order valence-corrected chi connectivity index (χ3v) is 3.02. The van der Waals surface area contributed by atoms with Crippen LogP contribution in [0.5, 0.6) is 0 Å². The van der Waals surface area contributed by atoms with Crippen LogP contribution < -0.4 is 5.73 Å². The number of alkyl halides is 3. The van der Waals surface area contributed by atoms with E-state index >= 15 is 0 Å². The number of halogens is 5. The predicted molar refractivity (Wildman–Crippen MR) is 64.3 cm³/mol. The monoisotopic (exact) mass is 299 g/mol. The minimum Gasteiger partial charge on any atom is -0.391 e. The Bertz CT molecular complexity index is 450. The molecule has 2 atom stereocenters. The van der Waals surface area contributed by atoms with Gasteiger partial charge in [-0.1, -0.05) is 24.9 Å². The largest absolute Gasteiger partial charge is 0.416 e. The molecule has 1 aromatic rings. The molecule has 0 spiro atoms. The van der Waals surface area contributed by atoms with E-state index in [0.717, 1.165) is 0 Å². The molecule has 1 rings (SSSR count). The summed E-state index contributed by atoms with van der Waals surface area (Å²) in [7, 11) is 0. The Morgan fingerprint density at radius 2 is 1.95 bits per heavy atom. The van der Waals surface area contributed by atoms with E-state index in [0.29, 0.717) is 18.6 Å². The van der Waals surface area contributed by atoms with Gasteiger partial charge in [0.15, 0.2) is 0 Å². The first-order chi connectivity index (χ1) is 8.68. The van der Waals surface area contributed by atoms with Crippen LogP contribution in [0.1, 0.15) is 36.9 Å². The fraction of sp³-hybridized carbons (Fsp3) is 0.500. The Labute approximate surface area is 113 Å². The molecule has 2 nitrogen and oxygen atoms in total. The molecule has 0 amide bonds. The van der Waals surface area contributed by atoms with Gasteiger partial charge in [0.05, 0.1) is 22.7 Å². The predicted octanol–water partition coefficient (Wildman–Crippen LogP) is 3.66. The SMILES string of the molecule is CCC[C@@H](O)[C@@H](N)c1cc(C(F)(F)F)cc(Cl)c1F. The molecule has 0 aliphatic carbocycles. The van der Waals surface area contributed by atoms with Crippen LogP contribution in [-0.4, -0.2) is 11.2 Å². The van der Waals surface area contributed by atoms with Gasteiger partial charge in [-0.25, -0.2) is 4.39 Å². The summed E-state index contributed by atoms with van der Waals surface area (Å²) in [5.41, 5.74) is 4.07. The minimum absolute atomic E-state index is 0.258. The highest BCUT2D eigenvalue weighted by molar-refractivity contribution is 6.30. The molecule has 7 heteroatoms. The van der Waals surface area contributed by atoms with Crippen molar-refractivity contribution in [1.82, 2.24) is 0 Å². The van der Waals surface area contributed by atoms with Gasteiger partial charge in [0.2, 0.25) is 0 Å². The molecule has 0 bridgehead atoms. The van der Waals surface area contributed by atoms with Gasteiger partial charge in [0.25, 0.3) is 0 Å². The zero-order chi connectivity index (χ0) is 14.8. The number of nitrogens with two attached hydrogens (primary N) is 1. The van der Waals surface area contributed by atoms with Crippen molar-refractivity contribution < 1.29 is 22.7 Å². The van der Waals surface area contributed by atoms with Gasteiger partial charge in [-0.3, -0.25) is 0 Å². The van der Waals surface area contributed by atoms with Crippen molar-refractivity contribution in [3.8, 4) is 0 Å². The van der Waals surface area contributed by atoms with Crippen LogP contribution in [0.2, 0.25) is 5.02 Å². The molecule has 0 aliphatic heterocycles. The molecule has 3 N–H and O–H groups in total.